The van der Waals surface area contributed by atoms with Crippen LogP contribution in [0.5, 0.6) is 0 Å². The van der Waals surface area contributed by atoms with Crippen molar-refractivity contribution in [1.29, 1.82) is 0 Å². The average Bonchev–Trinajstić information content (AvgIpc) is 2.72. The predicted molar refractivity (Wildman–Crippen MR) is 73.8 cm³/mol. The van der Waals surface area contributed by atoms with E-state index in [0.717, 1.165) is 6.42 Å². The minimum atomic E-state index is -1.01. The van der Waals surface area contributed by atoms with Gasteiger partial charge in [-0.2, -0.15) is 4.98 Å². The van der Waals surface area contributed by atoms with E-state index in [4.69, 9.17) is 15.4 Å². The summed E-state index contributed by atoms with van der Waals surface area (Å²) in [6.45, 7) is 7.75. The van der Waals surface area contributed by atoms with Gasteiger partial charge in [-0.15, -0.1) is 11.8 Å². The number of aliphatic carboxylic acids is 1. The summed E-state index contributed by atoms with van der Waals surface area (Å²) in [7, 11) is 0. The molecular formula is C12H21N3O3S. The maximum Gasteiger partial charge on any atom is 0.321 e. The Hall–Kier alpha value is -1.08. The van der Waals surface area contributed by atoms with Crippen LogP contribution in [0.2, 0.25) is 0 Å². The lowest BCUT2D eigenvalue weighted by molar-refractivity contribution is -0.139. The van der Waals surface area contributed by atoms with Crippen LogP contribution in [0.3, 0.4) is 0 Å². The molecule has 7 heteroatoms. The summed E-state index contributed by atoms with van der Waals surface area (Å²) in [6.07, 6.45) is 0.746. The molecule has 1 aromatic rings. The van der Waals surface area contributed by atoms with E-state index in [0.29, 0.717) is 23.4 Å². The van der Waals surface area contributed by atoms with Crippen molar-refractivity contribution in [1.82, 2.24) is 10.1 Å². The van der Waals surface area contributed by atoms with E-state index in [1.807, 2.05) is 0 Å². The molecule has 0 fully saturated rings. The predicted octanol–water partition coefficient (Wildman–Crippen LogP) is 1.69. The Morgan fingerprint density at radius 3 is 2.68 bits per heavy atom. The molecule has 0 saturated carbocycles. The van der Waals surface area contributed by atoms with Crippen molar-refractivity contribution < 1.29 is 14.4 Å². The van der Waals surface area contributed by atoms with E-state index in [1.54, 1.807) is 13.8 Å². The van der Waals surface area contributed by atoms with Gasteiger partial charge in [0, 0.05) is 11.2 Å². The van der Waals surface area contributed by atoms with E-state index in [-0.39, 0.29) is 0 Å². The third-order valence-corrected chi connectivity index (χ3v) is 4.08. The van der Waals surface area contributed by atoms with Gasteiger partial charge in [0.05, 0.1) is 5.75 Å². The Morgan fingerprint density at radius 2 is 2.16 bits per heavy atom. The second kappa shape index (κ2) is 6.38. The number of nitrogens with zero attached hydrogens (tertiary/aromatic N) is 2. The van der Waals surface area contributed by atoms with E-state index in [9.17, 15) is 4.79 Å². The monoisotopic (exact) mass is 287 g/mol. The summed E-state index contributed by atoms with van der Waals surface area (Å²) < 4.78 is 4.53. The van der Waals surface area contributed by atoms with Gasteiger partial charge < -0.3 is 15.4 Å². The minimum absolute atomic E-state index is 0.456. The first-order valence-corrected chi connectivity index (χ1v) is 7.14. The van der Waals surface area contributed by atoms with Crippen molar-refractivity contribution in [2.45, 2.75) is 50.7 Å². The van der Waals surface area contributed by atoms with E-state index in [2.05, 4.69) is 24.0 Å². The SMILES string of the molecule is CC(C)Cc1nc(CSC(C)(C)[C@@H](N)C(=O)O)no1. The second-order valence-corrected chi connectivity index (χ2v) is 7.04. The quantitative estimate of drug-likeness (QED) is 0.786. The first-order chi connectivity index (χ1) is 8.72. The number of nitrogens with two attached hydrogens (primary N) is 1. The lowest BCUT2D eigenvalue weighted by Gasteiger charge is -2.27. The molecule has 6 nitrogen and oxygen atoms in total. The number of aromatic nitrogens is 2. The minimum Gasteiger partial charge on any atom is -0.480 e. The molecule has 0 aliphatic rings. The van der Waals surface area contributed by atoms with Gasteiger partial charge in [0.1, 0.15) is 6.04 Å². The normalized spacial score (nSPS) is 13.8. The molecule has 1 atom stereocenters. The molecule has 1 heterocycles. The second-order valence-electron chi connectivity index (χ2n) is 5.41. The molecule has 0 saturated heterocycles. The van der Waals surface area contributed by atoms with Gasteiger partial charge >= 0.3 is 5.97 Å². The van der Waals surface area contributed by atoms with Crippen LogP contribution in [-0.4, -0.2) is 32.0 Å². The molecule has 0 unspecified atom stereocenters. The highest BCUT2D eigenvalue weighted by molar-refractivity contribution is 7.99. The molecule has 0 amide bonds. The summed E-state index contributed by atoms with van der Waals surface area (Å²) in [5, 5.41) is 12.8. The summed E-state index contributed by atoms with van der Waals surface area (Å²) in [6, 6.07) is -0.931. The standard InChI is InChI=1S/C12H21N3O3S/c1-7(2)5-9-14-8(15-18-9)6-19-12(3,4)10(13)11(16)17/h7,10H,5-6,13H2,1-4H3,(H,16,17)/t10-/m0/s1. The number of carbonyl (C=O) groups is 1. The van der Waals surface area contributed by atoms with Crippen molar-refractivity contribution in [2.24, 2.45) is 11.7 Å². The van der Waals surface area contributed by atoms with E-state index >= 15 is 0 Å². The maximum absolute atomic E-state index is 10.9. The number of carboxylic acid groups (broad SMARTS) is 1. The molecule has 0 bridgehead atoms. The van der Waals surface area contributed by atoms with Crippen LogP contribution in [0.15, 0.2) is 4.52 Å². The van der Waals surface area contributed by atoms with Crippen molar-refractivity contribution in [3.8, 4) is 0 Å². The third kappa shape index (κ3) is 4.83. The number of hydrogen-bond donors (Lipinski definition) is 2. The van der Waals surface area contributed by atoms with Crippen LogP contribution >= 0.6 is 11.8 Å². The average molecular weight is 287 g/mol. The molecule has 1 rings (SSSR count). The smallest absolute Gasteiger partial charge is 0.321 e. The Kier molecular flexibility index (Phi) is 5.37. The Morgan fingerprint density at radius 1 is 1.53 bits per heavy atom. The fourth-order valence-electron chi connectivity index (χ4n) is 1.42. The number of carboxylic acids is 1. The van der Waals surface area contributed by atoms with Crippen LogP contribution in [-0.2, 0) is 17.0 Å². The summed E-state index contributed by atoms with van der Waals surface area (Å²) in [5.74, 6) is 1.12. The lowest BCUT2D eigenvalue weighted by atomic mass is 10.1. The van der Waals surface area contributed by atoms with Gasteiger partial charge in [-0.1, -0.05) is 19.0 Å². The van der Waals surface area contributed by atoms with Crippen molar-refractivity contribution in [2.75, 3.05) is 0 Å². The van der Waals surface area contributed by atoms with E-state index in [1.165, 1.54) is 11.8 Å². The fraction of sp³-hybridized carbons (Fsp3) is 0.750. The molecule has 0 aromatic carbocycles. The zero-order chi connectivity index (χ0) is 14.6. The molecule has 0 radical (unpaired) electrons. The number of thioether (sulfide) groups is 1. The highest BCUT2D eigenvalue weighted by Crippen LogP contribution is 2.30. The first kappa shape index (κ1) is 16.0. The topological polar surface area (TPSA) is 102 Å². The van der Waals surface area contributed by atoms with Crippen LogP contribution in [0.25, 0.3) is 0 Å². The highest BCUT2D eigenvalue weighted by atomic mass is 32.2. The van der Waals surface area contributed by atoms with Crippen molar-refractivity contribution in [3.05, 3.63) is 11.7 Å². The number of hydrogen-bond acceptors (Lipinski definition) is 6. The van der Waals surface area contributed by atoms with E-state index < -0.39 is 16.8 Å². The summed E-state index contributed by atoms with van der Waals surface area (Å²) in [5.41, 5.74) is 5.64. The summed E-state index contributed by atoms with van der Waals surface area (Å²) >= 11 is 1.41. The zero-order valence-electron chi connectivity index (χ0n) is 11.7. The Balaban J connectivity index is 2.56. The summed E-state index contributed by atoms with van der Waals surface area (Å²) in [4.78, 5) is 15.2. The van der Waals surface area contributed by atoms with Crippen LogP contribution in [0, 0.1) is 5.92 Å². The van der Waals surface area contributed by atoms with Crippen LogP contribution in [0.4, 0.5) is 0 Å². The number of rotatable bonds is 7. The largest absolute Gasteiger partial charge is 0.480 e. The molecule has 3 N–H and O–H groups in total. The van der Waals surface area contributed by atoms with Crippen LogP contribution in [0.1, 0.15) is 39.4 Å². The van der Waals surface area contributed by atoms with Gasteiger partial charge in [0.15, 0.2) is 5.82 Å². The van der Waals surface area contributed by atoms with Gasteiger partial charge in [-0.25, -0.2) is 0 Å². The molecule has 108 valence electrons. The van der Waals surface area contributed by atoms with Gasteiger partial charge in [-0.3, -0.25) is 4.79 Å². The van der Waals surface area contributed by atoms with Crippen molar-refractivity contribution >= 4 is 17.7 Å². The zero-order valence-corrected chi connectivity index (χ0v) is 12.5. The third-order valence-electron chi connectivity index (χ3n) is 2.68. The Bertz CT molecular complexity index is 432. The molecule has 0 aliphatic carbocycles. The first-order valence-electron chi connectivity index (χ1n) is 6.16. The molecular weight excluding hydrogens is 266 g/mol. The molecule has 19 heavy (non-hydrogen) atoms. The van der Waals surface area contributed by atoms with Gasteiger partial charge in [-0.05, 0) is 19.8 Å². The molecule has 0 spiro atoms. The maximum atomic E-state index is 10.9. The van der Waals surface area contributed by atoms with Crippen molar-refractivity contribution in [3.63, 3.8) is 0 Å². The fourth-order valence-corrected chi connectivity index (χ4v) is 2.32. The van der Waals surface area contributed by atoms with Gasteiger partial charge in [0.25, 0.3) is 0 Å². The highest BCUT2D eigenvalue weighted by Gasteiger charge is 2.32. The van der Waals surface area contributed by atoms with Gasteiger partial charge in [0.2, 0.25) is 5.89 Å². The lowest BCUT2D eigenvalue weighted by Crippen LogP contribution is -2.46. The Labute approximate surface area is 117 Å². The van der Waals surface area contributed by atoms with Crippen LogP contribution < -0.4 is 5.73 Å². The molecule has 0 aliphatic heterocycles. The molecule has 1 aromatic heterocycles.